The van der Waals surface area contributed by atoms with Crippen LogP contribution in [-0.2, 0) is 0 Å². The van der Waals surface area contributed by atoms with E-state index in [2.05, 4.69) is 31.1 Å². The third-order valence-electron chi connectivity index (χ3n) is 3.89. The number of aryl methyl sites for hydroxylation is 2. The first-order chi connectivity index (χ1) is 12.5. The number of hydrogen-bond donors (Lipinski definition) is 4. The van der Waals surface area contributed by atoms with Gasteiger partial charge < -0.3 is 11.1 Å². The van der Waals surface area contributed by atoms with Gasteiger partial charge in [0.15, 0.2) is 11.6 Å². The number of benzene rings is 1. The van der Waals surface area contributed by atoms with E-state index in [1.54, 1.807) is 24.5 Å². The van der Waals surface area contributed by atoms with Crippen LogP contribution in [0.25, 0.3) is 0 Å². The Morgan fingerprint density at radius 1 is 1.00 bits per heavy atom. The molecule has 2 heterocycles. The molecule has 0 aliphatic heterocycles. The van der Waals surface area contributed by atoms with E-state index in [0.29, 0.717) is 22.9 Å². The van der Waals surface area contributed by atoms with Crippen LogP contribution in [0.1, 0.15) is 21.5 Å². The van der Waals surface area contributed by atoms with Gasteiger partial charge in [0.25, 0.3) is 5.91 Å². The smallest absolute Gasteiger partial charge is 0.269 e. The lowest BCUT2D eigenvalue weighted by Crippen LogP contribution is -2.30. The van der Waals surface area contributed by atoms with E-state index in [4.69, 9.17) is 5.73 Å². The second kappa shape index (κ2) is 7.47. The van der Waals surface area contributed by atoms with E-state index in [1.807, 2.05) is 32.0 Å². The fraction of sp³-hybridized carbons (Fsp3) is 0.111. The molecule has 0 aliphatic rings. The van der Waals surface area contributed by atoms with Crippen LogP contribution in [0.2, 0.25) is 0 Å². The minimum Gasteiger partial charge on any atom is -0.393 e. The Morgan fingerprint density at radius 2 is 1.73 bits per heavy atom. The summed E-state index contributed by atoms with van der Waals surface area (Å²) in [5, 5.41) is 3.16. The van der Waals surface area contributed by atoms with Crippen LogP contribution < -0.4 is 21.9 Å². The van der Waals surface area contributed by atoms with Crippen molar-refractivity contribution in [3.8, 4) is 0 Å². The van der Waals surface area contributed by atoms with Gasteiger partial charge in [-0.3, -0.25) is 20.6 Å². The Balaban J connectivity index is 1.72. The number of nitrogens with zero attached hydrogens (tertiary/aromatic N) is 3. The van der Waals surface area contributed by atoms with Crippen LogP contribution in [0.4, 0.5) is 23.0 Å². The summed E-state index contributed by atoms with van der Waals surface area (Å²) >= 11 is 0. The summed E-state index contributed by atoms with van der Waals surface area (Å²) in [4.78, 5) is 24.2. The molecule has 132 valence electrons. The molecule has 0 bridgehead atoms. The van der Waals surface area contributed by atoms with Crippen LogP contribution >= 0.6 is 0 Å². The number of rotatable bonds is 5. The Morgan fingerprint density at radius 3 is 2.46 bits per heavy atom. The Labute approximate surface area is 150 Å². The zero-order chi connectivity index (χ0) is 18.5. The van der Waals surface area contributed by atoms with Gasteiger partial charge in [0.2, 0.25) is 0 Å². The molecule has 0 saturated heterocycles. The summed E-state index contributed by atoms with van der Waals surface area (Å²) < 4.78 is 0. The molecule has 26 heavy (non-hydrogen) atoms. The SMILES string of the molecule is Cc1ccc(Nc2ncnc(NNC(=O)c3ccncc3)c2N)cc1C. The molecule has 0 saturated carbocycles. The van der Waals surface area contributed by atoms with Crippen LogP contribution in [0.15, 0.2) is 49.1 Å². The number of amides is 1. The average molecular weight is 349 g/mol. The quantitative estimate of drug-likeness (QED) is 0.523. The van der Waals surface area contributed by atoms with Gasteiger partial charge in [-0.15, -0.1) is 0 Å². The second-order valence-electron chi connectivity index (χ2n) is 5.72. The lowest BCUT2D eigenvalue weighted by molar-refractivity contribution is 0.0962. The standard InChI is InChI=1S/C18H19N7O/c1-11-3-4-14(9-12(11)2)23-16-15(19)17(22-10-21-16)24-25-18(26)13-5-7-20-8-6-13/h3-10H,19H2,1-2H3,(H,25,26)(H2,21,22,23,24). The first kappa shape index (κ1) is 17.2. The van der Waals surface area contributed by atoms with Crippen molar-refractivity contribution in [2.45, 2.75) is 13.8 Å². The predicted octanol–water partition coefficient (Wildman–Crippen LogP) is 2.57. The molecule has 5 N–H and O–H groups in total. The maximum Gasteiger partial charge on any atom is 0.269 e. The van der Waals surface area contributed by atoms with Gasteiger partial charge in [-0.1, -0.05) is 6.07 Å². The highest BCUT2D eigenvalue weighted by molar-refractivity contribution is 5.95. The van der Waals surface area contributed by atoms with Crippen LogP contribution in [0.5, 0.6) is 0 Å². The highest BCUT2D eigenvalue weighted by Crippen LogP contribution is 2.26. The van der Waals surface area contributed by atoms with E-state index >= 15 is 0 Å². The van der Waals surface area contributed by atoms with Crippen molar-refractivity contribution in [2.75, 3.05) is 16.5 Å². The molecule has 0 atom stereocenters. The predicted molar refractivity (Wildman–Crippen MR) is 101 cm³/mol. The Bertz CT molecular complexity index is 928. The highest BCUT2D eigenvalue weighted by atomic mass is 16.2. The molecule has 0 unspecified atom stereocenters. The van der Waals surface area contributed by atoms with Gasteiger partial charge in [-0.25, -0.2) is 9.97 Å². The van der Waals surface area contributed by atoms with E-state index in [9.17, 15) is 4.79 Å². The third-order valence-corrected chi connectivity index (χ3v) is 3.89. The van der Waals surface area contributed by atoms with Gasteiger partial charge >= 0.3 is 0 Å². The highest BCUT2D eigenvalue weighted by Gasteiger charge is 2.10. The molecule has 3 aromatic rings. The van der Waals surface area contributed by atoms with Crippen LogP contribution in [-0.4, -0.2) is 20.9 Å². The van der Waals surface area contributed by atoms with Gasteiger partial charge in [0, 0.05) is 23.6 Å². The van der Waals surface area contributed by atoms with Crippen molar-refractivity contribution in [3.05, 3.63) is 65.7 Å². The molecule has 0 aliphatic carbocycles. The van der Waals surface area contributed by atoms with Crippen molar-refractivity contribution in [2.24, 2.45) is 0 Å². The molecule has 2 aromatic heterocycles. The number of hydrogen-bond acceptors (Lipinski definition) is 7. The summed E-state index contributed by atoms with van der Waals surface area (Å²) in [5.74, 6) is 0.423. The maximum absolute atomic E-state index is 12.1. The third kappa shape index (κ3) is 3.86. The number of anilines is 4. The number of hydrazine groups is 1. The molecule has 0 radical (unpaired) electrons. The largest absolute Gasteiger partial charge is 0.393 e. The van der Waals surface area contributed by atoms with E-state index in [0.717, 1.165) is 11.3 Å². The van der Waals surface area contributed by atoms with Crippen molar-refractivity contribution in [1.29, 1.82) is 0 Å². The topological polar surface area (TPSA) is 118 Å². The minimum atomic E-state index is -0.325. The minimum absolute atomic E-state index is 0.292. The number of carbonyl (C=O) groups excluding carboxylic acids is 1. The number of nitrogen functional groups attached to an aromatic ring is 1. The number of pyridine rings is 1. The van der Waals surface area contributed by atoms with Gasteiger partial charge in [-0.05, 0) is 49.2 Å². The van der Waals surface area contributed by atoms with E-state index in [1.165, 1.54) is 11.9 Å². The fourth-order valence-corrected chi connectivity index (χ4v) is 2.24. The summed E-state index contributed by atoms with van der Waals surface area (Å²) in [6, 6.07) is 9.18. The Kier molecular flexibility index (Phi) is 4.93. The molecule has 0 fully saturated rings. The maximum atomic E-state index is 12.1. The lowest BCUT2D eigenvalue weighted by atomic mass is 10.1. The number of nitrogens with one attached hydrogen (secondary N) is 3. The van der Waals surface area contributed by atoms with Crippen LogP contribution in [0.3, 0.4) is 0 Å². The summed E-state index contributed by atoms with van der Waals surface area (Å²) in [6.45, 7) is 4.08. The molecule has 3 rings (SSSR count). The number of carbonyl (C=O) groups is 1. The Hall–Kier alpha value is -3.68. The molecular weight excluding hydrogens is 330 g/mol. The van der Waals surface area contributed by atoms with Crippen molar-refractivity contribution in [3.63, 3.8) is 0 Å². The first-order valence-corrected chi connectivity index (χ1v) is 7.95. The second-order valence-corrected chi connectivity index (χ2v) is 5.72. The molecule has 0 spiro atoms. The summed E-state index contributed by atoms with van der Waals surface area (Å²) in [7, 11) is 0. The molecule has 1 amide bonds. The van der Waals surface area contributed by atoms with Crippen LogP contribution in [0, 0.1) is 13.8 Å². The number of aromatic nitrogens is 3. The van der Waals surface area contributed by atoms with Crippen molar-refractivity contribution < 1.29 is 4.79 Å². The van der Waals surface area contributed by atoms with E-state index < -0.39 is 0 Å². The van der Waals surface area contributed by atoms with Crippen molar-refractivity contribution >= 4 is 28.9 Å². The van der Waals surface area contributed by atoms with Gasteiger partial charge in [0.1, 0.15) is 12.0 Å². The number of nitrogens with two attached hydrogens (primary N) is 1. The molecule has 1 aromatic carbocycles. The van der Waals surface area contributed by atoms with Gasteiger partial charge in [0.05, 0.1) is 0 Å². The fourth-order valence-electron chi connectivity index (χ4n) is 2.24. The average Bonchev–Trinajstić information content (AvgIpc) is 2.66. The summed E-state index contributed by atoms with van der Waals surface area (Å²) in [6.07, 6.45) is 4.44. The summed E-state index contributed by atoms with van der Waals surface area (Å²) in [5.41, 5.74) is 15.4. The van der Waals surface area contributed by atoms with Gasteiger partial charge in [-0.2, -0.15) is 0 Å². The zero-order valence-electron chi connectivity index (χ0n) is 14.4. The van der Waals surface area contributed by atoms with Crippen molar-refractivity contribution in [1.82, 2.24) is 20.4 Å². The monoisotopic (exact) mass is 349 g/mol. The molecular formula is C18H19N7O. The van der Waals surface area contributed by atoms with E-state index in [-0.39, 0.29) is 5.91 Å². The zero-order valence-corrected chi connectivity index (χ0v) is 14.4. The normalized spacial score (nSPS) is 10.2. The molecule has 8 nitrogen and oxygen atoms in total. The first-order valence-electron chi connectivity index (χ1n) is 7.95. The lowest BCUT2D eigenvalue weighted by Gasteiger charge is -2.13. The molecule has 8 heteroatoms.